The summed E-state index contributed by atoms with van der Waals surface area (Å²) >= 11 is 11.7. The molecule has 1 aliphatic rings. The van der Waals surface area contributed by atoms with Gasteiger partial charge in [-0.25, -0.2) is 0 Å². The number of β-amino-alcohol motifs (C(OH)–C–C–N with tert-alkyl or cyclic N) is 2. The lowest BCUT2D eigenvalue weighted by Crippen LogP contribution is -2.34. The molecule has 1 aromatic carbocycles. The van der Waals surface area contributed by atoms with Crippen LogP contribution in [0.15, 0.2) is 18.2 Å². The number of carbonyl (C=O) groups excluding carboxylic acids is 1. The van der Waals surface area contributed by atoms with Gasteiger partial charge in [0.15, 0.2) is 6.61 Å². The highest BCUT2D eigenvalue weighted by Gasteiger charge is 2.32. The van der Waals surface area contributed by atoms with E-state index in [1.807, 2.05) is 0 Å². The minimum absolute atomic E-state index is 0.104. The van der Waals surface area contributed by atoms with Crippen LogP contribution in [-0.2, 0) is 4.79 Å². The number of ether oxygens (including phenoxy) is 1. The second kappa shape index (κ2) is 5.96. The van der Waals surface area contributed by atoms with Crippen molar-refractivity contribution in [3.05, 3.63) is 28.2 Å². The third-order valence-electron chi connectivity index (χ3n) is 2.86. The molecule has 0 saturated carbocycles. The van der Waals surface area contributed by atoms with Gasteiger partial charge in [-0.1, -0.05) is 23.2 Å². The average Bonchev–Trinajstić information content (AvgIpc) is 2.70. The van der Waals surface area contributed by atoms with E-state index in [0.717, 1.165) is 0 Å². The first-order chi connectivity index (χ1) is 8.97. The molecular formula is C12H13Cl2NO4. The Balaban J connectivity index is 1.92. The molecule has 1 aromatic rings. The van der Waals surface area contributed by atoms with Crippen LogP contribution < -0.4 is 4.74 Å². The van der Waals surface area contributed by atoms with Gasteiger partial charge in [-0.3, -0.25) is 4.79 Å². The molecule has 0 aliphatic carbocycles. The monoisotopic (exact) mass is 305 g/mol. The smallest absolute Gasteiger partial charge is 0.260 e. The fourth-order valence-electron chi connectivity index (χ4n) is 1.79. The Morgan fingerprint density at radius 1 is 1.32 bits per heavy atom. The summed E-state index contributed by atoms with van der Waals surface area (Å²) in [5, 5.41) is 19.5. The Morgan fingerprint density at radius 2 is 1.95 bits per heavy atom. The van der Waals surface area contributed by atoms with Crippen molar-refractivity contribution in [2.24, 2.45) is 0 Å². The van der Waals surface area contributed by atoms with E-state index in [1.165, 1.54) is 11.0 Å². The first kappa shape index (κ1) is 14.4. The Labute approximate surface area is 120 Å². The zero-order chi connectivity index (χ0) is 14.0. The van der Waals surface area contributed by atoms with Crippen molar-refractivity contribution in [3.63, 3.8) is 0 Å². The molecule has 0 radical (unpaired) electrons. The maximum absolute atomic E-state index is 11.8. The van der Waals surface area contributed by atoms with Gasteiger partial charge in [-0.15, -0.1) is 0 Å². The second-order valence-electron chi connectivity index (χ2n) is 4.30. The van der Waals surface area contributed by atoms with E-state index in [9.17, 15) is 15.0 Å². The molecule has 0 aromatic heterocycles. The predicted octanol–water partition coefficient (Wildman–Crippen LogP) is 0.936. The molecule has 0 spiro atoms. The molecule has 1 aliphatic heterocycles. The molecule has 2 rings (SSSR count). The molecule has 5 nitrogen and oxygen atoms in total. The predicted molar refractivity (Wildman–Crippen MR) is 70.6 cm³/mol. The molecule has 1 heterocycles. The Bertz CT molecular complexity index is 473. The Morgan fingerprint density at radius 3 is 2.58 bits per heavy atom. The van der Waals surface area contributed by atoms with Crippen molar-refractivity contribution in [1.82, 2.24) is 4.90 Å². The van der Waals surface area contributed by atoms with E-state index in [0.29, 0.717) is 15.8 Å². The summed E-state index contributed by atoms with van der Waals surface area (Å²) in [5.41, 5.74) is 0. The van der Waals surface area contributed by atoms with Gasteiger partial charge in [0.25, 0.3) is 5.91 Å². The van der Waals surface area contributed by atoms with Crippen molar-refractivity contribution in [3.8, 4) is 5.75 Å². The number of aliphatic hydroxyl groups is 2. The quantitative estimate of drug-likeness (QED) is 0.872. The van der Waals surface area contributed by atoms with Crippen LogP contribution >= 0.6 is 23.2 Å². The zero-order valence-electron chi connectivity index (χ0n) is 9.92. The van der Waals surface area contributed by atoms with Gasteiger partial charge in [0.05, 0.1) is 17.2 Å². The largest absolute Gasteiger partial charge is 0.482 e. The minimum atomic E-state index is -0.904. The summed E-state index contributed by atoms with van der Waals surface area (Å²) in [7, 11) is 0. The van der Waals surface area contributed by atoms with Crippen molar-refractivity contribution in [1.29, 1.82) is 0 Å². The third-order valence-corrected chi connectivity index (χ3v) is 3.40. The van der Waals surface area contributed by atoms with Gasteiger partial charge in [0.2, 0.25) is 0 Å². The molecular weight excluding hydrogens is 293 g/mol. The highest BCUT2D eigenvalue weighted by Crippen LogP contribution is 2.27. The van der Waals surface area contributed by atoms with Crippen molar-refractivity contribution in [2.45, 2.75) is 12.2 Å². The van der Waals surface area contributed by atoms with Gasteiger partial charge >= 0.3 is 0 Å². The highest BCUT2D eigenvalue weighted by molar-refractivity contribution is 6.34. The van der Waals surface area contributed by atoms with Crippen molar-refractivity contribution < 1.29 is 19.7 Å². The number of nitrogens with zero attached hydrogens (tertiary/aromatic N) is 1. The fraction of sp³-hybridized carbons (Fsp3) is 0.417. The number of rotatable bonds is 3. The summed E-state index contributed by atoms with van der Waals surface area (Å²) in [6.07, 6.45) is -1.81. The maximum atomic E-state index is 11.8. The summed E-state index contributed by atoms with van der Waals surface area (Å²) in [4.78, 5) is 13.1. The van der Waals surface area contributed by atoms with Crippen LogP contribution in [-0.4, -0.2) is 52.9 Å². The van der Waals surface area contributed by atoms with Crippen LogP contribution in [0.3, 0.4) is 0 Å². The molecule has 1 saturated heterocycles. The van der Waals surface area contributed by atoms with Crippen LogP contribution in [0.5, 0.6) is 5.75 Å². The molecule has 2 atom stereocenters. The van der Waals surface area contributed by atoms with Gasteiger partial charge in [0.1, 0.15) is 5.75 Å². The normalized spacial score (nSPS) is 22.6. The molecule has 1 fully saturated rings. The molecule has 0 unspecified atom stereocenters. The Hall–Kier alpha value is -1.01. The molecule has 2 N–H and O–H groups in total. The van der Waals surface area contributed by atoms with Gasteiger partial charge < -0.3 is 19.8 Å². The van der Waals surface area contributed by atoms with Gasteiger partial charge in [-0.05, 0) is 12.1 Å². The van der Waals surface area contributed by atoms with Crippen LogP contribution in [0.25, 0.3) is 0 Å². The average molecular weight is 306 g/mol. The van der Waals surface area contributed by atoms with Gasteiger partial charge in [-0.2, -0.15) is 0 Å². The lowest BCUT2D eigenvalue weighted by molar-refractivity contribution is -0.132. The maximum Gasteiger partial charge on any atom is 0.260 e. The number of halogens is 2. The van der Waals surface area contributed by atoms with E-state index < -0.39 is 12.2 Å². The minimum Gasteiger partial charge on any atom is -0.482 e. The topological polar surface area (TPSA) is 70.0 Å². The lowest BCUT2D eigenvalue weighted by atomic mass is 10.3. The van der Waals surface area contributed by atoms with Gasteiger partial charge in [0, 0.05) is 24.2 Å². The first-order valence-corrected chi connectivity index (χ1v) is 6.44. The first-order valence-electron chi connectivity index (χ1n) is 5.69. The number of benzene rings is 1. The molecule has 104 valence electrons. The van der Waals surface area contributed by atoms with Crippen LogP contribution in [0, 0.1) is 0 Å². The van der Waals surface area contributed by atoms with E-state index in [-0.39, 0.29) is 25.6 Å². The molecule has 19 heavy (non-hydrogen) atoms. The summed E-state index contributed by atoms with van der Waals surface area (Å²) in [6.45, 7) is -0.0151. The van der Waals surface area contributed by atoms with Crippen LogP contribution in [0.4, 0.5) is 0 Å². The van der Waals surface area contributed by atoms with Crippen LogP contribution in [0.1, 0.15) is 0 Å². The van der Waals surface area contributed by atoms with Crippen molar-refractivity contribution in [2.75, 3.05) is 19.7 Å². The summed E-state index contributed by atoms with van der Waals surface area (Å²) in [6, 6.07) is 4.71. The summed E-state index contributed by atoms with van der Waals surface area (Å²) in [5.74, 6) is -0.00514. The van der Waals surface area contributed by atoms with Crippen molar-refractivity contribution >= 4 is 29.1 Å². The number of hydrogen-bond acceptors (Lipinski definition) is 4. The lowest BCUT2D eigenvalue weighted by Gasteiger charge is -2.16. The number of carbonyl (C=O) groups is 1. The highest BCUT2D eigenvalue weighted by atomic mass is 35.5. The summed E-state index contributed by atoms with van der Waals surface area (Å²) < 4.78 is 5.29. The third kappa shape index (κ3) is 3.51. The van der Waals surface area contributed by atoms with E-state index in [4.69, 9.17) is 27.9 Å². The van der Waals surface area contributed by atoms with E-state index in [2.05, 4.69) is 0 Å². The van der Waals surface area contributed by atoms with E-state index >= 15 is 0 Å². The standard InChI is InChI=1S/C12H13Cl2NO4/c13-7-1-2-8(14)11(3-7)19-6-12(18)15-4-9(16)10(17)5-15/h1-3,9-10,16-17H,4-6H2/t9-,10+. The Kier molecular flexibility index (Phi) is 4.52. The fourth-order valence-corrected chi connectivity index (χ4v) is 2.13. The zero-order valence-corrected chi connectivity index (χ0v) is 11.4. The molecule has 0 bridgehead atoms. The van der Waals surface area contributed by atoms with Crippen LogP contribution in [0.2, 0.25) is 10.0 Å². The number of hydrogen-bond donors (Lipinski definition) is 2. The molecule has 1 amide bonds. The number of amides is 1. The number of likely N-dealkylation sites (tertiary alicyclic amines) is 1. The van der Waals surface area contributed by atoms with E-state index in [1.54, 1.807) is 12.1 Å². The second-order valence-corrected chi connectivity index (χ2v) is 5.14. The SMILES string of the molecule is O=C(COc1cc(Cl)ccc1Cl)N1C[C@@H](O)[C@@H](O)C1. The number of aliphatic hydroxyl groups excluding tert-OH is 2. The molecule has 7 heteroatoms.